The number of aromatic nitrogens is 3. The van der Waals surface area contributed by atoms with Crippen LogP contribution >= 0.6 is 11.8 Å². The first-order valence-electron chi connectivity index (χ1n) is 10.4. The largest absolute Gasteiger partial charge is 0.494 e. The van der Waals surface area contributed by atoms with Gasteiger partial charge in [0.05, 0.1) is 17.9 Å². The summed E-state index contributed by atoms with van der Waals surface area (Å²) in [6.45, 7) is 2.53. The highest BCUT2D eigenvalue weighted by molar-refractivity contribution is 7.99. The summed E-state index contributed by atoms with van der Waals surface area (Å²) in [6.07, 6.45) is 0. The van der Waals surface area contributed by atoms with Gasteiger partial charge in [-0.25, -0.2) is 9.07 Å². The molecule has 8 nitrogen and oxygen atoms in total. The van der Waals surface area contributed by atoms with Crippen LogP contribution in [0.4, 0.5) is 10.1 Å². The average molecular weight is 480 g/mol. The molecular formula is C24H22FN5O3S. The molecule has 0 spiro atoms. The quantitative estimate of drug-likeness (QED) is 0.264. The summed E-state index contributed by atoms with van der Waals surface area (Å²) >= 11 is 1.10. The van der Waals surface area contributed by atoms with Gasteiger partial charge in [0.15, 0.2) is 5.82 Å². The number of nitrogen functional groups attached to an aromatic ring is 1. The summed E-state index contributed by atoms with van der Waals surface area (Å²) in [7, 11) is 0. The molecule has 3 aromatic carbocycles. The van der Waals surface area contributed by atoms with Gasteiger partial charge in [-0.05, 0) is 67.6 Å². The Morgan fingerprint density at radius 3 is 2.32 bits per heavy atom. The standard InChI is InChI=1S/C24H22FN5O3S/c1-2-32-17-11-13-19(14-12-17)33-18-9-7-16(8-10-18)27-22(31)15-34-24-29-28-23(30(24)26)20-5-3-4-6-21(20)25/h3-14H,2,15,26H2,1H3,(H,27,31). The van der Waals surface area contributed by atoms with Crippen LogP contribution in [0, 0.1) is 5.82 Å². The molecule has 1 aromatic heterocycles. The van der Waals surface area contributed by atoms with Crippen LogP contribution in [0.1, 0.15) is 6.92 Å². The molecular weight excluding hydrogens is 457 g/mol. The van der Waals surface area contributed by atoms with Crippen LogP contribution in [-0.2, 0) is 4.79 Å². The molecule has 0 saturated heterocycles. The van der Waals surface area contributed by atoms with Gasteiger partial charge in [-0.3, -0.25) is 4.79 Å². The SMILES string of the molecule is CCOc1ccc(Oc2ccc(NC(=O)CSc3nnc(-c4ccccc4F)n3N)cc2)cc1. The van der Waals surface area contributed by atoms with Crippen molar-refractivity contribution in [2.45, 2.75) is 12.1 Å². The minimum atomic E-state index is -0.453. The first kappa shape index (κ1) is 23.1. The van der Waals surface area contributed by atoms with Crippen molar-refractivity contribution in [3.8, 4) is 28.6 Å². The van der Waals surface area contributed by atoms with Gasteiger partial charge in [0.2, 0.25) is 11.1 Å². The highest BCUT2D eigenvalue weighted by atomic mass is 32.2. The number of hydrogen-bond acceptors (Lipinski definition) is 7. The Kier molecular flexibility index (Phi) is 7.28. The van der Waals surface area contributed by atoms with Crippen molar-refractivity contribution in [2.75, 3.05) is 23.5 Å². The van der Waals surface area contributed by atoms with E-state index in [9.17, 15) is 9.18 Å². The van der Waals surface area contributed by atoms with E-state index in [4.69, 9.17) is 15.3 Å². The minimum Gasteiger partial charge on any atom is -0.494 e. The molecule has 0 radical (unpaired) electrons. The van der Waals surface area contributed by atoms with Gasteiger partial charge < -0.3 is 20.6 Å². The average Bonchev–Trinajstić information content (AvgIpc) is 3.21. The highest BCUT2D eigenvalue weighted by Gasteiger charge is 2.16. The van der Waals surface area contributed by atoms with E-state index in [0.717, 1.165) is 17.5 Å². The molecule has 0 fully saturated rings. The number of benzene rings is 3. The molecule has 0 bridgehead atoms. The van der Waals surface area contributed by atoms with Crippen LogP contribution in [0.3, 0.4) is 0 Å². The van der Waals surface area contributed by atoms with Crippen molar-refractivity contribution in [1.29, 1.82) is 0 Å². The first-order chi connectivity index (χ1) is 16.5. The zero-order chi connectivity index (χ0) is 23.9. The van der Waals surface area contributed by atoms with Crippen molar-refractivity contribution in [2.24, 2.45) is 0 Å². The Hall–Kier alpha value is -4.05. The third kappa shape index (κ3) is 5.65. The predicted octanol–water partition coefficient (Wildman–Crippen LogP) is 4.72. The molecule has 10 heteroatoms. The van der Waals surface area contributed by atoms with Gasteiger partial charge in [0, 0.05) is 5.69 Å². The van der Waals surface area contributed by atoms with E-state index in [0.29, 0.717) is 28.9 Å². The number of anilines is 1. The molecule has 1 heterocycles. The molecule has 0 saturated carbocycles. The number of nitrogens with zero attached hydrogens (tertiary/aromatic N) is 3. The molecule has 0 aliphatic rings. The zero-order valence-electron chi connectivity index (χ0n) is 18.3. The topological polar surface area (TPSA) is 104 Å². The number of nitrogens with two attached hydrogens (primary N) is 1. The Balaban J connectivity index is 1.30. The lowest BCUT2D eigenvalue weighted by Gasteiger charge is -2.09. The smallest absolute Gasteiger partial charge is 0.234 e. The predicted molar refractivity (Wildman–Crippen MR) is 129 cm³/mol. The lowest BCUT2D eigenvalue weighted by molar-refractivity contribution is -0.113. The van der Waals surface area contributed by atoms with Crippen LogP contribution in [0.25, 0.3) is 11.4 Å². The second-order valence-electron chi connectivity index (χ2n) is 7.02. The number of hydrogen-bond donors (Lipinski definition) is 2. The minimum absolute atomic E-state index is 0.0526. The lowest BCUT2D eigenvalue weighted by atomic mass is 10.2. The number of nitrogens with one attached hydrogen (secondary N) is 1. The molecule has 3 N–H and O–H groups in total. The summed E-state index contributed by atoms with van der Waals surface area (Å²) in [4.78, 5) is 12.4. The number of thioether (sulfide) groups is 1. The number of halogens is 1. The van der Waals surface area contributed by atoms with Crippen molar-refractivity contribution in [3.63, 3.8) is 0 Å². The van der Waals surface area contributed by atoms with Crippen LogP contribution < -0.4 is 20.6 Å². The van der Waals surface area contributed by atoms with Crippen LogP contribution in [0.15, 0.2) is 78.0 Å². The van der Waals surface area contributed by atoms with Gasteiger partial charge in [-0.1, -0.05) is 23.9 Å². The molecule has 0 aliphatic carbocycles. The number of carbonyl (C=O) groups excluding carboxylic acids is 1. The van der Waals surface area contributed by atoms with E-state index < -0.39 is 5.82 Å². The fourth-order valence-electron chi connectivity index (χ4n) is 3.04. The molecule has 0 aliphatic heterocycles. The van der Waals surface area contributed by atoms with Crippen molar-refractivity contribution in [1.82, 2.24) is 14.9 Å². The molecule has 4 rings (SSSR count). The highest BCUT2D eigenvalue weighted by Crippen LogP contribution is 2.26. The first-order valence-corrected chi connectivity index (χ1v) is 11.4. The maximum absolute atomic E-state index is 14.0. The fourth-order valence-corrected chi connectivity index (χ4v) is 3.70. The lowest BCUT2D eigenvalue weighted by Crippen LogP contribution is -2.16. The molecule has 0 atom stereocenters. The van der Waals surface area contributed by atoms with E-state index in [-0.39, 0.29) is 23.0 Å². The number of rotatable bonds is 9. The fraction of sp³-hybridized carbons (Fsp3) is 0.125. The van der Waals surface area contributed by atoms with Gasteiger partial charge in [-0.15, -0.1) is 10.2 Å². The molecule has 1 amide bonds. The van der Waals surface area contributed by atoms with E-state index in [1.165, 1.54) is 10.7 Å². The van der Waals surface area contributed by atoms with E-state index in [1.807, 2.05) is 31.2 Å². The maximum Gasteiger partial charge on any atom is 0.234 e. The van der Waals surface area contributed by atoms with Crippen LogP contribution in [0.2, 0.25) is 0 Å². The Labute approximate surface area is 199 Å². The van der Waals surface area contributed by atoms with Gasteiger partial charge in [0.25, 0.3) is 0 Å². The van der Waals surface area contributed by atoms with Gasteiger partial charge >= 0.3 is 0 Å². The molecule has 4 aromatic rings. The van der Waals surface area contributed by atoms with E-state index >= 15 is 0 Å². The van der Waals surface area contributed by atoms with Gasteiger partial charge in [0.1, 0.15) is 23.1 Å². The second kappa shape index (κ2) is 10.7. The van der Waals surface area contributed by atoms with E-state index in [2.05, 4.69) is 15.5 Å². The molecule has 0 unspecified atom stereocenters. The van der Waals surface area contributed by atoms with Crippen molar-refractivity contribution in [3.05, 3.63) is 78.6 Å². The van der Waals surface area contributed by atoms with Gasteiger partial charge in [-0.2, -0.15) is 0 Å². The van der Waals surface area contributed by atoms with Crippen LogP contribution in [-0.4, -0.2) is 33.1 Å². The summed E-state index contributed by atoms with van der Waals surface area (Å²) < 4.78 is 26.4. The third-order valence-corrected chi connectivity index (χ3v) is 5.56. The summed E-state index contributed by atoms with van der Waals surface area (Å²) in [5.41, 5.74) is 0.854. The summed E-state index contributed by atoms with van der Waals surface area (Å²) in [6, 6.07) is 20.5. The van der Waals surface area contributed by atoms with Crippen molar-refractivity contribution < 1.29 is 18.7 Å². The molecule has 34 heavy (non-hydrogen) atoms. The normalized spacial score (nSPS) is 10.6. The van der Waals surface area contributed by atoms with Crippen LogP contribution in [0.5, 0.6) is 17.2 Å². The maximum atomic E-state index is 14.0. The number of amides is 1. The third-order valence-electron chi connectivity index (χ3n) is 4.62. The zero-order valence-corrected chi connectivity index (χ0v) is 19.1. The number of carbonyl (C=O) groups is 1. The Morgan fingerprint density at radius 1 is 1.00 bits per heavy atom. The molecule has 174 valence electrons. The monoisotopic (exact) mass is 479 g/mol. The van der Waals surface area contributed by atoms with E-state index in [1.54, 1.807) is 42.5 Å². The second-order valence-corrected chi connectivity index (χ2v) is 7.97. The number of ether oxygens (including phenoxy) is 2. The Bertz CT molecular complexity index is 1260. The van der Waals surface area contributed by atoms with Crippen molar-refractivity contribution >= 4 is 23.4 Å². The summed E-state index contributed by atoms with van der Waals surface area (Å²) in [5.74, 6) is 7.62. The Morgan fingerprint density at radius 2 is 1.65 bits per heavy atom. The summed E-state index contributed by atoms with van der Waals surface area (Å²) in [5, 5.41) is 11.0.